The van der Waals surface area contributed by atoms with E-state index in [9.17, 15) is 13.2 Å². The van der Waals surface area contributed by atoms with E-state index in [-0.39, 0.29) is 18.4 Å². The molecule has 0 heterocycles. The van der Waals surface area contributed by atoms with Gasteiger partial charge in [0.05, 0.1) is 0 Å². The van der Waals surface area contributed by atoms with Crippen LogP contribution in [0.25, 0.3) is 5.57 Å². The van der Waals surface area contributed by atoms with E-state index in [2.05, 4.69) is 25.1 Å². The van der Waals surface area contributed by atoms with Crippen LogP contribution < -0.4 is 5.32 Å². The fourth-order valence-electron chi connectivity index (χ4n) is 3.80. The highest BCUT2D eigenvalue weighted by Gasteiger charge is 2.39. The number of hydrogen-bond acceptors (Lipinski definition) is 1. The highest BCUT2D eigenvalue weighted by molar-refractivity contribution is 5.74. The molecule has 0 radical (unpaired) electrons. The van der Waals surface area contributed by atoms with Gasteiger partial charge in [0, 0.05) is 24.1 Å². The SMILES string of the molecule is C=C/C(=C\C(=C)c1ccc(CC(C)(F)F)cc1)C(=C)NC1CCCC(C)(F)C1C. The molecule has 1 fully saturated rings. The normalized spacial score (nSPS) is 25.4. The maximum atomic E-state index is 14.6. The van der Waals surface area contributed by atoms with Crippen molar-refractivity contribution >= 4 is 5.57 Å². The van der Waals surface area contributed by atoms with Crippen molar-refractivity contribution in [2.45, 2.75) is 64.1 Å². The summed E-state index contributed by atoms with van der Waals surface area (Å²) < 4.78 is 41.0. The van der Waals surface area contributed by atoms with E-state index in [1.54, 1.807) is 37.3 Å². The van der Waals surface area contributed by atoms with E-state index in [1.807, 2.05) is 13.0 Å². The highest BCUT2D eigenvalue weighted by atomic mass is 19.3. The second-order valence-corrected chi connectivity index (χ2v) is 8.46. The van der Waals surface area contributed by atoms with Crippen molar-refractivity contribution in [2.75, 3.05) is 0 Å². The van der Waals surface area contributed by atoms with Gasteiger partial charge >= 0.3 is 0 Å². The first-order valence-electron chi connectivity index (χ1n) is 10.1. The second-order valence-electron chi connectivity index (χ2n) is 8.46. The average molecular weight is 404 g/mol. The fourth-order valence-corrected chi connectivity index (χ4v) is 3.80. The third-order valence-electron chi connectivity index (χ3n) is 5.83. The molecule has 1 aromatic carbocycles. The molecule has 0 amide bonds. The van der Waals surface area contributed by atoms with E-state index in [0.717, 1.165) is 36.5 Å². The summed E-state index contributed by atoms with van der Waals surface area (Å²) in [7, 11) is 0. The number of hydrogen-bond donors (Lipinski definition) is 1. The van der Waals surface area contributed by atoms with Crippen LogP contribution in [0.5, 0.6) is 0 Å². The molecule has 1 aliphatic rings. The maximum absolute atomic E-state index is 14.6. The Morgan fingerprint density at radius 2 is 1.90 bits per heavy atom. The lowest BCUT2D eigenvalue weighted by atomic mass is 9.75. The molecule has 2 rings (SSSR count). The van der Waals surface area contributed by atoms with Crippen molar-refractivity contribution in [1.29, 1.82) is 0 Å². The van der Waals surface area contributed by atoms with Gasteiger partial charge in [0.2, 0.25) is 5.92 Å². The summed E-state index contributed by atoms with van der Waals surface area (Å²) in [5, 5.41) is 3.37. The van der Waals surface area contributed by atoms with Crippen LogP contribution in [0.2, 0.25) is 0 Å². The van der Waals surface area contributed by atoms with Crippen molar-refractivity contribution in [3.8, 4) is 0 Å². The highest BCUT2D eigenvalue weighted by Crippen LogP contribution is 2.37. The van der Waals surface area contributed by atoms with Crippen molar-refractivity contribution in [2.24, 2.45) is 5.92 Å². The number of halogens is 3. The summed E-state index contributed by atoms with van der Waals surface area (Å²) in [6.07, 6.45) is 5.57. The summed E-state index contributed by atoms with van der Waals surface area (Å²) in [4.78, 5) is 0. The first-order chi connectivity index (χ1) is 13.4. The van der Waals surface area contributed by atoms with Crippen LogP contribution in [0.15, 0.2) is 67.4 Å². The number of allylic oxidation sites excluding steroid dienone is 3. The Labute approximate surface area is 173 Å². The fraction of sp³-hybridized carbons (Fsp3) is 0.440. The van der Waals surface area contributed by atoms with E-state index in [0.29, 0.717) is 17.7 Å². The molecule has 0 aliphatic heterocycles. The van der Waals surface area contributed by atoms with Gasteiger partial charge in [-0.15, -0.1) is 0 Å². The van der Waals surface area contributed by atoms with Gasteiger partial charge in [0.1, 0.15) is 5.67 Å². The predicted molar refractivity (Wildman–Crippen MR) is 117 cm³/mol. The molecule has 1 aliphatic carbocycles. The Hall–Kier alpha value is -2.23. The van der Waals surface area contributed by atoms with E-state index in [1.165, 1.54) is 0 Å². The molecule has 3 atom stereocenters. The molecular formula is C25H32F3N. The lowest BCUT2D eigenvalue weighted by molar-refractivity contribution is 0.0226. The van der Waals surface area contributed by atoms with Gasteiger partial charge < -0.3 is 5.32 Å². The minimum atomic E-state index is -2.73. The van der Waals surface area contributed by atoms with Gasteiger partial charge in [-0.05, 0) is 61.5 Å². The molecule has 3 unspecified atom stereocenters. The van der Waals surface area contributed by atoms with Crippen LogP contribution in [-0.2, 0) is 6.42 Å². The quantitative estimate of drug-likeness (QED) is 0.460. The number of nitrogens with one attached hydrogen (secondary N) is 1. The third kappa shape index (κ3) is 6.38. The Balaban J connectivity index is 2.09. The minimum absolute atomic E-state index is 0.0119. The molecule has 4 heteroatoms. The Kier molecular flexibility index (Phi) is 7.20. The number of rotatable bonds is 8. The van der Waals surface area contributed by atoms with Crippen LogP contribution in [0.3, 0.4) is 0 Å². The molecular weight excluding hydrogens is 371 g/mol. The van der Waals surface area contributed by atoms with Crippen molar-refractivity contribution < 1.29 is 13.2 Å². The van der Waals surface area contributed by atoms with Gasteiger partial charge in [0.15, 0.2) is 0 Å². The van der Waals surface area contributed by atoms with Crippen LogP contribution >= 0.6 is 0 Å². The topological polar surface area (TPSA) is 12.0 Å². The first-order valence-corrected chi connectivity index (χ1v) is 10.1. The van der Waals surface area contributed by atoms with Crippen molar-refractivity contribution in [3.63, 3.8) is 0 Å². The smallest absolute Gasteiger partial charge is 0.249 e. The lowest BCUT2D eigenvalue weighted by Crippen LogP contribution is -2.47. The standard InChI is InChI=1S/C25H32F3N/c1-7-21(19(4)29-23-9-8-14-24(5,26)18(23)3)15-17(2)22-12-10-20(11-13-22)16-25(6,27)28/h7,10-13,15,18,23,29H,1-2,4,8-9,14,16H2,3,5-6H3/b21-15+. The van der Waals surface area contributed by atoms with Crippen LogP contribution in [0.1, 0.15) is 51.2 Å². The zero-order valence-corrected chi connectivity index (χ0v) is 17.7. The molecule has 0 bridgehead atoms. The van der Waals surface area contributed by atoms with Crippen LogP contribution in [0, 0.1) is 5.92 Å². The molecule has 29 heavy (non-hydrogen) atoms. The molecule has 158 valence electrons. The molecule has 0 saturated heterocycles. The molecule has 1 N–H and O–H groups in total. The summed E-state index contributed by atoms with van der Waals surface area (Å²) >= 11 is 0. The largest absolute Gasteiger partial charge is 0.382 e. The van der Waals surface area contributed by atoms with Gasteiger partial charge in [-0.25, -0.2) is 13.2 Å². The third-order valence-corrected chi connectivity index (χ3v) is 5.83. The lowest BCUT2D eigenvalue weighted by Gasteiger charge is -2.40. The molecule has 1 aromatic rings. The van der Waals surface area contributed by atoms with E-state index in [4.69, 9.17) is 0 Å². The van der Waals surface area contributed by atoms with Gasteiger partial charge in [-0.2, -0.15) is 0 Å². The predicted octanol–water partition coefficient (Wildman–Crippen LogP) is 7.03. The maximum Gasteiger partial charge on any atom is 0.249 e. The molecule has 1 nitrogen and oxygen atoms in total. The zero-order chi connectivity index (χ0) is 21.8. The van der Waals surface area contributed by atoms with Crippen LogP contribution in [-0.4, -0.2) is 17.6 Å². The molecule has 0 aromatic heterocycles. The zero-order valence-electron chi connectivity index (χ0n) is 17.7. The summed E-state index contributed by atoms with van der Waals surface area (Å²) in [5.41, 5.74) is 2.41. The van der Waals surface area contributed by atoms with E-state index >= 15 is 0 Å². The van der Waals surface area contributed by atoms with Crippen molar-refractivity contribution in [1.82, 2.24) is 5.32 Å². The van der Waals surface area contributed by atoms with Crippen LogP contribution in [0.4, 0.5) is 13.2 Å². The van der Waals surface area contributed by atoms with E-state index < -0.39 is 11.6 Å². The summed E-state index contributed by atoms with van der Waals surface area (Å²) in [6.45, 7) is 16.6. The first kappa shape index (κ1) is 23.1. The monoisotopic (exact) mass is 403 g/mol. The molecule has 0 spiro atoms. The number of alkyl halides is 3. The number of benzene rings is 1. The van der Waals surface area contributed by atoms with Gasteiger partial charge in [0.25, 0.3) is 0 Å². The summed E-state index contributed by atoms with van der Waals surface area (Å²) in [5.74, 6) is -2.85. The Morgan fingerprint density at radius 1 is 1.28 bits per heavy atom. The van der Waals surface area contributed by atoms with Gasteiger partial charge in [-0.3, -0.25) is 0 Å². The Morgan fingerprint density at radius 3 is 2.45 bits per heavy atom. The second kappa shape index (κ2) is 9.06. The summed E-state index contributed by atoms with van der Waals surface area (Å²) in [6, 6.07) is 6.97. The molecule has 1 saturated carbocycles. The van der Waals surface area contributed by atoms with Gasteiger partial charge in [-0.1, -0.05) is 57.0 Å². The average Bonchev–Trinajstić information content (AvgIpc) is 2.62. The van der Waals surface area contributed by atoms with Crippen molar-refractivity contribution in [3.05, 3.63) is 78.6 Å². The Bertz CT molecular complexity index is 781. The minimum Gasteiger partial charge on any atom is -0.382 e.